The topological polar surface area (TPSA) is 55.0 Å². The number of nitrogens with one attached hydrogen (secondary N) is 1. The summed E-state index contributed by atoms with van der Waals surface area (Å²) in [6, 6.07) is 3.93. The van der Waals surface area contributed by atoms with E-state index >= 15 is 0 Å². The van der Waals surface area contributed by atoms with Crippen molar-refractivity contribution in [1.29, 1.82) is 0 Å². The number of H-pyrrole nitrogens is 1. The summed E-state index contributed by atoms with van der Waals surface area (Å²) in [5, 5.41) is 0.965. The second kappa shape index (κ2) is 5.14. The van der Waals surface area contributed by atoms with Gasteiger partial charge in [-0.3, -0.25) is 4.79 Å². The van der Waals surface area contributed by atoms with Gasteiger partial charge in [-0.25, -0.2) is 4.98 Å². The molecule has 0 saturated heterocycles. The van der Waals surface area contributed by atoms with E-state index in [4.69, 9.17) is 0 Å². The molecule has 0 spiro atoms. The lowest BCUT2D eigenvalue weighted by molar-refractivity contribution is -0.140. The maximum atomic E-state index is 11.1. The highest BCUT2D eigenvalue weighted by atomic mass is 32.1. The van der Waals surface area contributed by atoms with Crippen LogP contribution in [0, 0.1) is 6.92 Å². The molecule has 0 aromatic carbocycles. The molecule has 4 nitrogen and oxygen atoms in total. The van der Waals surface area contributed by atoms with Gasteiger partial charge in [0.1, 0.15) is 5.01 Å². The molecule has 5 heteroatoms. The van der Waals surface area contributed by atoms with Gasteiger partial charge in [-0.15, -0.1) is 11.3 Å². The molecule has 0 amide bonds. The highest BCUT2D eigenvalue weighted by molar-refractivity contribution is 7.15. The Morgan fingerprint density at radius 2 is 2.41 bits per heavy atom. The molecular formula is C12H14N2O2S. The Bertz CT molecular complexity index is 503. The van der Waals surface area contributed by atoms with Crippen molar-refractivity contribution in [1.82, 2.24) is 9.97 Å². The Morgan fingerprint density at radius 3 is 3.06 bits per heavy atom. The van der Waals surface area contributed by atoms with Crippen LogP contribution >= 0.6 is 11.3 Å². The zero-order valence-corrected chi connectivity index (χ0v) is 10.6. The molecule has 17 heavy (non-hydrogen) atoms. The number of carbonyl (C=O) groups excluding carboxylic acids is 1. The van der Waals surface area contributed by atoms with Crippen LogP contribution in [0.1, 0.15) is 17.0 Å². The Labute approximate surface area is 104 Å². The quantitative estimate of drug-likeness (QED) is 0.848. The van der Waals surface area contributed by atoms with Gasteiger partial charge in [0.25, 0.3) is 0 Å². The molecule has 0 atom stereocenters. The van der Waals surface area contributed by atoms with Gasteiger partial charge >= 0.3 is 5.97 Å². The molecular weight excluding hydrogens is 236 g/mol. The van der Waals surface area contributed by atoms with E-state index in [0.29, 0.717) is 12.8 Å². The third-order valence-electron chi connectivity index (χ3n) is 2.50. The number of thiazole rings is 1. The fourth-order valence-electron chi connectivity index (χ4n) is 1.56. The summed E-state index contributed by atoms with van der Waals surface area (Å²) in [7, 11) is 1.41. The molecule has 2 aromatic rings. The third kappa shape index (κ3) is 2.74. The van der Waals surface area contributed by atoms with E-state index in [1.165, 1.54) is 7.11 Å². The monoisotopic (exact) mass is 250 g/mol. The van der Waals surface area contributed by atoms with Crippen molar-refractivity contribution in [2.45, 2.75) is 19.8 Å². The van der Waals surface area contributed by atoms with E-state index in [2.05, 4.69) is 14.7 Å². The molecule has 90 valence electrons. The average molecular weight is 250 g/mol. The largest absolute Gasteiger partial charge is 0.469 e. The van der Waals surface area contributed by atoms with Crippen LogP contribution in [0.15, 0.2) is 18.3 Å². The molecule has 0 aliphatic heterocycles. The van der Waals surface area contributed by atoms with Crippen LogP contribution in [0.25, 0.3) is 10.7 Å². The van der Waals surface area contributed by atoms with E-state index in [1.54, 1.807) is 11.3 Å². The van der Waals surface area contributed by atoms with Crippen molar-refractivity contribution in [3.05, 3.63) is 28.9 Å². The zero-order valence-electron chi connectivity index (χ0n) is 9.82. The maximum Gasteiger partial charge on any atom is 0.305 e. The molecule has 0 radical (unpaired) electrons. The molecule has 2 rings (SSSR count). The van der Waals surface area contributed by atoms with Gasteiger partial charge in [0.05, 0.1) is 24.9 Å². The number of aromatic nitrogens is 2. The number of hydrogen-bond donors (Lipinski definition) is 1. The first kappa shape index (κ1) is 11.9. The van der Waals surface area contributed by atoms with E-state index in [-0.39, 0.29) is 5.97 Å². The van der Waals surface area contributed by atoms with Crippen LogP contribution in [0.4, 0.5) is 0 Å². The van der Waals surface area contributed by atoms with Gasteiger partial charge in [-0.05, 0) is 25.5 Å². The van der Waals surface area contributed by atoms with Crippen molar-refractivity contribution in [2.24, 2.45) is 0 Å². The highest BCUT2D eigenvalue weighted by Crippen LogP contribution is 2.27. The minimum atomic E-state index is -0.181. The molecule has 0 aliphatic rings. The van der Waals surface area contributed by atoms with Crippen LogP contribution in [0.3, 0.4) is 0 Å². The molecule has 0 saturated carbocycles. The van der Waals surface area contributed by atoms with Gasteiger partial charge in [-0.1, -0.05) is 0 Å². The van der Waals surface area contributed by atoms with E-state index in [1.807, 2.05) is 25.3 Å². The number of aryl methyl sites for hydroxylation is 2. The predicted molar refractivity (Wildman–Crippen MR) is 67.0 cm³/mol. The first-order valence-electron chi connectivity index (χ1n) is 5.37. The number of carbonyl (C=O) groups is 1. The van der Waals surface area contributed by atoms with Gasteiger partial charge in [-0.2, -0.15) is 0 Å². The fourth-order valence-corrected chi connectivity index (χ4v) is 2.61. The summed E-state index contributed by atoms with van der Waals surface area (Å²) >= 11 is 1.62. The molecule has 2 aromatic heterocycles. The number of ether oxygens (including phenoxy) is 1. The van der Waals surface area contributed by atoms with Crippen molar-refractivity contribution < 1.29 is 9.53 Å². The normalized spacial score (nSPS) is 10.5. The maximum absolute atomic E-state index is 11.1. The van der Waals surface area contributed by atoms with Crippen molar-refractivity contribution >= 4 is 17.3 Å². The molecule has 1 N–H and O–H groups in total. The van der Waals surface area contributed by atoms with Crippen LogP contribution in [-0.2, 0) is 16.0 Å². The van der Waals surface area contributed by atoms with Crippen molar-refractivity contribution in [3.63, 3.8) is 0 Å². The number of hydrogen-bond acceptors (Lipinski definition) is 4. The summed E-state index contributed by atoms with van der Waals surface area (Å²) in [4.78, 5) is 19.8. The number of rotatable bonds is 4. The highest BCUT2D eigenvalue weighted by Gasteiger charge is 2.11. The summed E-state index contributed by atoms with van der Waals surface area (Å²) in [5.74, 6) is -0.181. The van der Waals surface area contributed by atoms with E-state index < -0.39 is 0 Å². The molecule has 0 bridgehead atoms. The van der Waals surface area contributed by atoms with Crippen LogP contribution < -0.4 is 0 Å². The van der Waals surface area contributed by atoms with Crippen LogP contribution in [-0.4, -0.2) is 23.0 Å². The van der Waals surface area contributed by atoms with Crippen molar-refractivity contribution in [2.75, 3.05) is 7.11 Å². The Hall–Kier alpha value is -1.62. The molecule has 0 unspecified atom stereocenters. The van der Waals surface area contributed by atoms with Crippen LogP contribution in [0.2, 0.25) is 0 Å². The van der Waals surface area contributed by atoms with Gasteiger partial charge < -0.3 is 9.72 Å². The van der Waals surface area contributed by atoms with Crippen LogP contribution in [0.5, 0.6) is 0 Å². The lowest BCUT2D eigenvalue weighted by Crippen LogP contribution is -2.01. The Kier molecular flexibility index (Phi) is 3.58. The molecule has 0 fully saturated rings. The fraction of sp³-hybridized carbons (Fsp3) is 0.333. The minimum absolute atomic E-state index is 0.181. The lowest BCUT2D eigenvalue weighted by Gasteiger charge is -1.97. The minimum Gasteiger partial charge on any atom is -0.469 e. The summed E-state index contributed by atoms with van der Waals surface area (Å²) < 4.78 is 4.63. The second-order valence-electron chi connectivity index (χ2n) is 3.69. The first-order chi connectivity index (χ1) is 8.20. The number of aromatic amines is 1. The van der Waals surface area contributed by atoms with Gasteiger partial charge in [0.15, 0.2) is 0 Å². The summed E-state index contributed by atoms with van der Waals surface area (Å²) in [6.45, 7) is 1.97. The summed E-state index contributed by atoms with van der Waals surface area (Å²) in [6.07, 6.45) is 2.97. The smallest absolute Gasteiger partial charge is 0.305 e. The lowest BCUT2D eigenvalue weighted by atomic mass is 10.2. The predicted octanol–water partition coefficient (Wildman–Crippen LogP) is 2.55. The standard InChI is InChI=1S/C12H14N2O2S/c1-8-10(5-6-11(15)16-2)17-12(14-8)9-4-3-7-13-9/h3-4,7,13H,5-6H2,1-2H3. The SMILES string of the molecule is COC(=O)CCc1sc(-c2ccc[nH]2)nc1C. The number of methoxy groups -OCH3 is 1. The molecule has 2 heterocycles. The van der Waals surface area contributed by atoms with Gasteiger partial charge in [0.2, 0.25) is 0 Å². The first-order valence-corrected chi connectivity index (χ1v) is 6.19. The Balaban J connectivity index is 2.11. The number of nitrogens with zero attached hydrogens (tertiary/aromatic N) is 1. The summed E-state index contributed by atoms with van der Waals surface area (Å²) in [5.41, 5.74) is 2.01. The Morgan fingerprint density at radius 1 is 1.59 bits per heavy atom. The zero-order chi connectivity index (χ0) is 12.3. The van der Waals surface area contributed by atoms with E-state index in [0.717, 1.165) is 21.3 Å². The van der Waals surface area contributed by atoms with E-state index in [9.17, 15) is 4.79 Å². The third-order valence-corrected chi connectivity index (χ3v) is 3.76. The van der Waals surface area contributed by atoms with Gasteiger partial charge in [0, 0.05) is 11.1 Å². The molecule has 0 aliphatic carbocycles. The average Bonchev–Trinajstić information content (AvgIpc) is 2.95. The number of esters is 1. The van der Waals surface area contributed by atoms with Crippen molar-refractivity contribution in [3.8, 4) is 10.7 Å². The second-order valence-corrected chi connectivity index (χ2v) is 4.77.